The first-order valence-corrected chi connectivity index (χ1v) is 10.5. The van der Waals surface area contributed by atoms with Crippen LogP contribution in [0.15, 0.2) is 73.1 Å². The molecule has 0 aliphatic carbocycles. The minimum atomic E-state index is -0.827. The molecule has 1 fully saturated rings. The van der Waals surface area contributed by atoms with E-state index in [9.17, 15) is 5.11 Å². The van der Waals surface area contributed by atoms with Gasteiger partial charge in [0.2, 0.25) is 0 Å². The van der Waals surface area contributed by atoms with Crippen molar-refractivity contribution in [3.05, 3.63) is 78.6 Å². The van der Waals surface area contributed by atoms with Gasteiger partial charge in [0.05, 0.1) is 6.54 Å². The van der Waals surface area contributed by atoms with Crippen LogP contribution in [0, 0.1) is 0 Å². The Bertz CT molecular complexity index is 901. The zero-order valence-corrected chi connectivity index (χ0v) is 17.2. The molecule has 0 radical (unpaired) electrons. The van der Waals surface area contributed by atoms with Gasteiger partial charge >= 0.3 is 0 Å². The first-order chi connectivity index (χ1) is 14.7. The largest absolute Gasteiger partial charge is 0.492 e. The van der Waals surface area contributed by atoms with Crippen molar-refractivity contribution in [2.24, 2.45) is 0 Å². The first-order valence-electron chi connectivity index (χ1n) is 10.5. The van der Waals surface area contributed by atoms with Crippen LogP contribution in [0.4, 0.5) is 0 Å². The molecular formula is C24H29N3O3. The van der Waals surface area contributed by atoms with Crippen LogP contribution >= 0.6 is 0 Å². The van der Waals surface area contributed by atoms with Gasteiger partial charge in [-0.1, -0.05) is 30.3 Å². The smallest absolute Gasteiger partial charge is 0.119 e. The average molecular weight is 408 g/mol. The van der Waals surface area contributed by atoms with Crippen LogP contribution in [0.1, 0.15) is 18.4 Å². The summed E-state index contributed by atoms with van der Waals surface area (Å²) in [5.41, 5.74) is 0.353. The Labute approximate surface area is 177 Å². The van der Waals surface area contributed by atoms with E-state index in [1.54, 1.807) is 6.20 Å². The van der Waals surface area contributed by atoms with Crippen molar-refractivity contribution in [2.75, 3.05) is 26.3 Å². The molecule has 3 aromatic rings. The number of para-hydroxylation sites is 1. The Morgan fingerprint density at radius 2 is 1.87 bits per heavy atom. The first kappa shape index (κ1) is 20.4. The highest BCUT2D eigenvalue weighted by atomic mass is 16.5. The van der Waals surface area contributed by atoms with E-state index >= 15 is 0 Å². The molecule has 158 valence electrons. The minimum Gasteiger partial charge on any atom is -0.492 e. The Morgan fingerprint density at radius 1 is 1.00 bits per heavy atom. The fraction of sp³-hybridized carbons (Fsp3) is 0.375. The van der Waals surface area contributed by atoms with E-state index < -0.39 is 5.60 Å². The van der Waals surface area contributed by atoms with Crippen molar-refractivity contribution < 1.29 is 14.6 Å². The number of aromatic nitrogens is 2. The summed E-state index contributed by atoms with van der Waals surface area (Å²) in [5.74, 6) is 1.65. The molecule has 2 aromatic carbocycles. The third kappa shape index (κ3) is 5.84. The van der Waals surface area contributed by atoms with Crippen molar-refractivity contribution in [3.63, 3.8) is 0 Å². The predicted molar refractivity (Wildman–Crippen MR) is 116 cm³/mol. The molecule has 0 saturated carbocycles. The molecule has 0 bridgehead atoms. The van der Waals surface area contributed by atoms with Gasteiger partial charge in [-0.15, -0.1) is 0 Å². The van der Waals surface area contributed by atoms with Gasteiger partial charge in [-0.3, -0.25) is 9.58 Å². The van der Waals surface area contributed by atoms with Crippen molar-refractivity contribution in [1.29, 1.82) is 0 Å². The number of benzene rings is 2. The highest BCUT2D eigenvalue weighted by molar-refractivity contribution is 5.28. The molecule has 30 heavy (non-hydrogen) atoms. The molecule has 0 spiro atoms. The summed E-state index contributed by atoms with van der Waals surface area (Å²) in [5, 5.41) is 15.2. The van der Waals surface area contributed by atoms with E-state index in [0.717, 1.165) is 44.0 Å². The second-order valence-electron chi connectivity index (χ2n) is 7.91. The second kappa shape index (κ2) is 9.78. The molecule has 1 aliphatic rings. The van der Waals surface area contributed by atoms with Crippen LogP contribution in [-0.4, -0.2) is 51.7 Å². The Hall–Kier alpha value is -2.83. The lowest BCUT2D eigenvalue weighted by Gasteiger charge is -2.39. The van der Waals surface area contributed by atoms with Crippen LogP contribution in [0.2, 0.25) is 0 Å². The number of β-amino-alcohol motifs (C(OH)–C–C–N with tert-alkyl or cyclic N) is 1. The lowest BCUT2D eigenvalue weighted by atomic mass is 9.93. The normalized spacial score (nSPS) is 19.5. The fourth-order valence-corrected chi connectivity index (χ4v) is 3.87. The predicted octanol–water partition coefficient (Wildman–Crippen LogP) is 3.37. The SMILES string of the molecule is OC1(COc2ccccc2)CCCN(Cc2cccc(OCCn3cccn3)c2)C1. The van der Waals surface area contributed by atoms with Crippen molar-refractivity contribution in [3.8, 4) is 11.5 Å². The molecule has 1 N–H and O–H groups in total. The maximum absolute atomic E-state index is 11.0. The summed E-state index contributed by atoms with van der Waals surface area (Å²) < 4.78 is 13.6. The monoisotopic (exact) mass is 407 g/mol. The lowest BCUT2D eigenvalue weighted by molar-refractivity contribution is -0.0621. The molecule has 0 amide bonds. The van der Waals surface area contributed by atoms with E-state index in [4.69, 9.17) is 9.47 Å². The van der Waals surface area contributed by atoms with E-state index in [2.05, 4.69) is 22.1 Å². The summed E-state index contributed by atoms with van der Waals surface area (Å²) >= 11 is 0. The zero-order chi connectivity index (χ0) is 20.7. The highest BCUT2D eigenvalue weighted by Crippen LogP contribution is 2.25. The van der Waals surface area contributed by atoms with Crippen molar-refractivity contribution >= 4 is 0 Å². The lowest BCUT2D eigenvalue weighted by Crippen LogP contribution is -2.51. The number of likely N-dealkylation sites (tertiary alicyclic amines) is 1. The van der Waals surface area contributed by atoms with Gasteiger partial charge in [-0.05, 0) is 55.3 Å². The molecule has 1 aliphatic heterocycles. The molecule has 1 atom stereocenters. The Morgan fingerprint density at radius 3 is 2.70 bits per heavy atom. The van der Waals surface area contributed by atoms with Gasteiger partial charge < -0.3 is 14.6 Å². The number of ether oxygens (including phenoxy) is 2. The van der Waals surface area contributed by atoms with Gasteiger partial charge in [0.15, 0.2) is 0 Å². The third-order valence-electron chi connectivity index (χ3n) is 5.34. The van der Waals surface area contributed by atoms with Crippen molar-refractivity contribution in [1.82, 2.24) is 14.7 Å². The molecule has 1 unspecified atom stereocenters. The van der Waals surface area contributed by atoms with Crippen LogP contribution < -0.4 is 9.47 Å². The molecule has 4 rings (SSSR count). The minimum absolute atomic E-state index is 0.310. The van der Waals surface area contributed by atoms with Crippen LogP contribution in [0.25, 0.3) is 0 Å². The number of rotatable bonds is 9. The summed E-state index contributed by atoms with van der Waals surface area (Å²) in [4.78, 5) is 2.29. The molecule has 6 nitrogen and oxygen atoms in total. The summed E-state index contributed by atoms with van der Waals surface area (Å²) in [6.07, 6.45) is 5.41. The second-order valence-corrected chi connectivity index (χ2v) is 7.91. The maximum atomic E-state index is 11.0. The summed E-state index contributed by atoms with van der Waals surface area (Å²) in [7, 11) is 0. The van der Waals surface area contributed by atoms with Gasteiger partial charge in [-0.2, -0.15) is 5.10 Å². The number of hydrogen-bond acceptors (Lipinski definition) is 5. The topological polar surface area (TPSA) is 59.8 Å². The van der Waals surface area contributed by atoms with Gasteiger partial charge in [0.1, 0.15) is 30.3 Å². The highest BCUT2D eigenvalue weighted by Gasteiger charge is 2.34. The van der Waals surface area contributed by atoms with Crippen LogP contribution in [0.3, 0.4) is 0 Å². The number of nitrogens with zero attached hydrogens (tertiary/aromatic N) is 3. The zero-order valence-electron chi connectivity index (χ0n) is 17.2. The Balaban J connectivity index is 1.29. The molecule has 1 saturated heterocycles. The number of hydrogen-bond donors (Lipinski definition) is 1. The average Bonchev–Trinajstić information content (AvgIpc) is 3.27. The molecule has 6 heteroatoms. The van der Waals surface area contributed by atoms with E-state index in [1.165, 1.54) is 5.56 Å². The molecule has 2 heterocycles. The molecule has 1 aromatic heterocycles. The Kier molecular flexibility index (Phi) is 6.67. The number of piperidine rings is 1. The van der Waals surface area contributed by atoms with E-state index in [1.807, 2.05) is 59.4 Å². The number of aliphatic hydroxyl groups is 1. The fourth-order valence-electron chi connectivity index (χ4n) is 3.87. The van der Waals surface area contributed by atoms with Crippen LogP contribution in [0.5, 0.6) is 11.5 Å². The quantitative estimate of drug-likeness (QED) is 0.589. The summed E-state index contributed by atoms with van der Waals surface area (Å²) in [6, 6.07) is 19.8. The van der Waals surface area contributed by atoms with E-state index in [-0.39, 0.29) is 0 Å². The maximum Gasteiger partial charge on any atom is 0.119 e. The van der Waals surface area contributed by atoms with Gasteiger partial charge in [-0.25, -0.2) is 0 Å². The van der Waals surface area contributed by atoms with Gasteiger partial charge in [0.25, 0.3) is 0 Å². The van der Waals surface area contributed by atoms with E-state index in [0.29, 0.717) is 19.8 Å². The molecular weight excluding hydrogens is 378 g/mol. The van der Waals surface area contributed by atoms with Crippen LogP contribution in [-0.2, 0) is 13.1 Å². The third-order valence-corrected chi connectivity index (χ3v) is 5.34. The standard InChI is InChI=1S/C24H29N3O3/c28-24(20-30-22-8-2-1-3-9-22)11-5-13-26(19-24)18-21-7-4-10-23(17-21)29-16-15-27-14-6-12-25-27/h1-4,6-10,12,14,17,28H,5,11,13,15-16,18-20H2. The summed E-state index contributed by atoms with van der Waals surface area (Å²) in [6.45, 7) is 3.96. The van der Waals surface area contributed by atoms with Gasteiger partial charge in [0, 0.05) is 25.5 Å². The van der Waals surface area contributed by atoms with Crippen molar-refractivity contribution in [2.45, 2.75) is 31.5 Å².